The fourth-order valence-electron chi connectivity index (χ4n) is 9.44. The van der Waals surface area contributed by atoms with Crippen LogP contribution in [0.5, 0.6) is 0 Å². The molecule has 18 nitrogen and oxygen atoms in total. The third kappa shape index (κ3) is 11.8. The zero-order valence-electron chi connectivity index (χ0n) is 42.2. The number of hydrogen-bond acceptors (Lipinski definition) is 14. The number of nitrogens with one attached hydrogen (secondary N) is 2. The molecule has 11 rings (SSSR count). The Hall–Kier alpha value is -7.08. The summed E-state index contributed by atoms with van der Waals surface area (Å²) in [6, 6.07) is 28.0. The Morgan fingerprint density at radius 2 is 1.09 bits per heavy atom. The highest BCUT2D eigenvalue weighted by molar-refractivity contribution is 14.0. The van der Waals surface area contributed by atoms with Crippen molar-refractivity contribution in [3.8, 4) is 11.4 Å². The van der Waals surface area contributed by atoms with E-state index in [1.165, 1.54) is 72.7 Å². The lowest BCUT2D eigenvalue weighted by Crippen LogP contribution is -2.46. The molecule has 0 unspecified atom stereocenters. The number of aromatic nitrogens is 12. The average Bonchev–Trinajstić information content (AvgIpc) is 4.02. The molecule has 0 saturated carbocycles. The van der Waals surface area contributed by atoms with Gasteiger partial charge in [0.25, 0.3) is 16.7 Å². The van der Waals surface area contributed by atoms with Crippen molar-refractivity contribution >= 4 is 97.9 Å². The Labute approximate surface area is 459 Å². The minimum Gasteiger partial charge on any atom is -0.371 e. The largest absolute Gasteiger partial charge is 0.371 e. The van der Waals surface area contributed by atoms with Crippen molar-refractivity contribution < 1.29 is 0 Å². The number of anilines is 3. The maximum absolute atomic E-state index is 13.1. The molecule has 8 heterocycles. The lowest BCUT2D eigenvalue weighted by molar-refractivity contribution is 0.0945. The van der Waals surface area contributed by atoms with Crippen molar-refractivity contribution in [1.82, 2.24) is 63.3 Å². The molecule has 0 radical (unpaired) electrons. The molecule has 1 spiro atoms. The van der Waals surface area contributed by atoms with Crippen molar-refractivity contribution in [2.24, 2.45) is 5.41 Å². The molecule has 21 heteroatoms. The number of fused-ring (bicyclic) bond motifs is 3. The number of aromatic amines is 1. The molecule has 0 amide bonds. The van der Waals surface area contributed by atoms with Crippen LogP contribution >= 0.6 is 47.5 Å². The third-order valence-corrected chi connectivity index (χ3v) is 14.6. The lowest BCUT2D eigenvalue weighted by Gasteiger charge is -2.46. The van der Waals surface area contributed by atoms with Crippen LogP contribution < -0.4 is 26.9 Å². The smallest absolute Gasteiger partial charge is 0.278 e. The van der Waals surface area contributed by atoms with E-state index < -0.39 is 0 Å². The molecule has 2 fully saturated rings. The quantitative estimate of drug-likeness (QED) is 0.0482. The highest BCUT2D eigenvalue weighted by atomic mass is 127. The summed E-state index contributed by atoms with van der Waals surface area (Å²) < 4.78 is 8.36. The van der Waals surface area contributed by atoms with Gasteiger partial charge in [-0.1, -0.05) is 78.2 Å². The number of likely N-dealkylation sites (tertiary alicyclic amines) is 1. The fraction of sp³-hybridized carbons (Fsp3) is 0.278. The number of benzene rings is 3. The summed E-state index contributed by atoms with van der Waals surface area (Å²) in [5, 5.41) is 9.02. The van der Waals surface area contributed by atoms with E-state index in [9.17, 15) is 14.4 Å². The Kier molecular flexibility index (Phi) is 17.7. The highest BCUT2D eigenvalue weighted by Crippen LogP contribution is 2.42. The maximum atomic E-state index is 13.1. The van der Waals surface area contributed by atoms with E-state index in [0.717, 1.165) is 30.2 Å². The zero-order valence-corrected chi connectivity index (χ0v) is 46.2. The van der Waals surface area contributed by atoms with E-state index in [1.807, 2.05) is 82.5 Å². The van der Waals surface area contributed by atoms with Crippen LogP contribution in [0.2, 0.25) is 0 Å². The van der Waals surface area contributed by atoms with Crippen molar-refractivity contribution in [1.29, 1.82) is 0 Å². The Morgan fingerprint density at radius 3 is 1.63 bits per heavy atom. The molecule has 388 valence electrons. The molecular weight excluding hydrogens is 1100 g/mol. The standard InChI is InChI=1S/C30H35N7O.C15H14N4OS.C9H10N4OS.HI/c1-3-17-36-28(38)26-22-31-29(33-27(26)37(36)25-7-5-4-6-8-25)32-23-9-11-24(12-10-23)35-20-15-30(16-21-35)13-18-34(2)19-14-30;1-3-9-18-14(20)12-10-16-15(21-2)17-13(12)19(18)11-7-5-4-6-8-11;1-3-4-13-8(14)6-5-10-9(15-2)11-7(6)12-13;/h3-12,22H,1,13-21H2,2H3,(H,31,32,33);3-8,10H,1,9H2,2H3;3,5H,1,4H2,2H3,(H,10,11,12);1H. The molecule has 0 bridgehead atoms. The predicted molar refractivity (Wildman–Crippen MR) is 314 cm³/mol. The van der Waals surface area contributed by atoms with Crippen molar-refractivity contribution in [2.75, 3.05) is 56.0 Å². The molecular formula is C54H60IN15O3S2. The number of hydrogen-bond donors (Lipinski definition) is 2. The predicted octanol–water partition coefficient (Wildman–Crippen LogP) is 8.96. The van der Waals surface area contributed by atoms with E-state index in [2.05, 4.69) is 96.2 Å². The third-order valence-electron chi connectivity index (χ3n) is 13.5. The minimum absolute atomic E-state index is 0. The van der Waals surface area contributed by atoms with Gasteiger partial charge in [0, 0.05) is 43.1 Å². The number of halogens is 1. The van der Waals surface area contributed by atoms with Gasteiger partial charge in [0.2, 0.25) is 5.95 Å². The normalized spacial score (nSPS) is 14.1. The summed E-state index contributed by atoms with van der Waals surface area (Å²) in [4.78, 5) is 68.4. The van der Waals surface area contributed by atoms with E-state index in [0.29, 0.717) is 74.4 Å². The van der Waals surface area contributed by atoms with Crippen LogP contribution in [0.3, 0.4) is 0 Å². The molecule has 6 aromatic heterocycles. The van der Waals surface area contributed by atoms with Crippen LogP contribution in [-0.4, -0.2) is 109 Å². The average molecular weight is 1160 g/mol. The molecule has 2 saturated heterocycles. The van der Waals surface area contributed by atoms with Crippen LogP contribution in [0.4, 0.5) is 17.3 Å². The zero-order chi connectivity index (χ0) is 51.8. The summed E-state index contributed by atoms with van der Waals surface area (Å²) in [5.41, 5.74) is 5.86. The fourth-order valence-corrected chi connectivity index (χ4v) is 10.1. The first kappa shape index (κ1) is 54.2. The maximum Gasteiger partial charge on any atom is 0.278 e. The summed E-state index contributed by atoms with van der Waals surface area (Å²) in [7, 11) is 2.24. The Bertz CT molecular complexity index is 3610. The highest BCUT2D eigenvalue weighted by Gasteiger charge is 2.37. The second-order valence-corrected chi connectivity index (χ2v) is 19.6. The van der Waals surface area contributed by atoms with Crippen molar-refractivity contribution in [3.05, 3.63) is 173 Å². The first-order valence-corrected chi connectivity index (χ1v) is 26.8. The Balaban J connectivity index is 0.000000169. The van der Waals surface area contributed by atoms with Gasteiger partial charge in [0.05, 0.1) is 31.0 Å². The second kappa shape index (κ2) is 24.5. The Morgan fingerprint density at radius 1 is 0.600 bits per heavy atom. The van der Waals surface area contributed by atoms with Gasteiger partial charge in [-0.2, -0.15) is 4.98 Å². The number of H-pyrrole nitrogens is 1. The van der Waals surface area contributed by atoms with Gasteiger partial charge >= 0.3 is 0 Å². The lowest BCUT2D eigenvalue weighted by atomic mass is 9.71. The van der Waals surface area contributed by atoms with E-state index in [-0.39, 0.29) is 40.7 Å². The van der Waals surface area contributed by atoms with Gasteiger partial charge in [-0.3, -0.25) is 19.5 Å². The van der Waals surface area contributed by atoms with Crippen LogP contribution in [0.25, 0.3) is 44.5 Å². The molecule has 9 aromatic rings. The monoisotopic (exact) mass is 1160 g/mol. The molecule has 3 aromatic carbocycles. The van der Waals surface area contributed by atoms with Crippen molar-refractivity contribution in [3.63, 3.8) is 0 Å². The summed E-state index contributed by atoms with van der Waals surface area (Å²) in [6.07, 6.45) is 18.8. The molecule has 2 aliphatic rings. The summed E-state index contributed by atoms with van der Waals surface area (Å²) in [6.45, 7) is 17.1. The topological polar surface area (TPSA) is 188 Å². The van der Waals surface area contributed by atoms with Gasteiger partial charge in [0.15, 0.2) is 27.3 Å². The molecule has 2 N–H and O–H groups in total. The first-order chi connectivity index (χ1) is 36.1. The molecule has 2 aliphatic heterocycles. The van der Waals surface area contributed by atoms with E-state index in [1.54, 1.807) is 46.2 Å². The summed E-state index contributed by atoms with van der Waals surface area (Å²) in [5.74, 6) is 0.452. The molecule has 0 aliphatic carbocycles. The number of piperidine rings is 2. The molecule has 0 atom stereocenters. The van der Waals surface area contributed by atoms with Crippen LogP contribution in [0.1, 0.15) is 25.7 Å². The summed E-state index contributed by atoms with van der Waals surface area (Å²) >= 11 is 2.89. The number of allylic oxidation sites excluding steroid dienone is 3. The van der Waals surface area contributed by atoms with E-state index >= 15 is 0 Å². The van der Waals surface area contributed by atoms with Gasteiger partial charge in [-0.15, -0.1) is 43.7 Å². The van der Waals surface area contributed by atoms with E-state index in [4.69, 9.17) is 4.98 Å². The van der Waals surface area contributed by atoms with Gasteiger partial charge < -0.3 is 15.1 Å². The van der Waals surface area contributed by atoms with Crippen LogP contribution in [0.15, 0.2) is 166 Å². The number of thioether (sulfide) groups is 2. The van der Waals surface area contributed by atoms with Gasteiger partial charge in [-0.25, -0.2) is 48.3 Å². The number of nitrogens with zero attached hydrogens (tertiary/aromatic N) is 13. The second-order valence-electron chi connectivity index (χ2n) is 18.1. The van der Waals surface area contributed by atoms with Crippen LogP contribution in [0, 0.1) is 5.41 Å². The van der Waals surface area contributed by atoms with Crippen molar-refractivity contribution in [2.45, 2.75) is 55.6 Å². The molecule has 75 heavy (non-hydrogen) atoms. The van der Waals surface area contributed by atoms with Gasteiger partial charge in [0.1, 0.15) is 16.2 Å². The first-order valence-electron chi connectivity index (χ1n) is 24.3. The van der Waals surface area contributed by atoms with Crippen LogP contribution in [-0.2, 0) is 19.6 Å². The minimum atomic E-state index is -0.136. The SMILES string of the molecule is C=CCn1[nH]c2nc(SC)ncc2c1=O.C=CCn1c(=O)c2cnc(Nc3ccc(N4CCC5(CCN(C)CC5)CC4)cc3)nc2n1-c1ccccc1.C=CCn1c(=O)c2cnc(SC)nc2n1-c1ccccc1.I. The number of para-hydroxylation sites is 2. The van der Waals surface area contributed by atoms with Gasteiger partial charge in [-0.05, 0) is 112 Å². The number of rotatable bonds is 13.